The molecule has 0 bridgehead atoms. The zero-order chi connectivity index (χ0) is 15.1. The summed E-state index contributed by atoms with van der Waals surface area (Å²) in [6.45, 7) is 3.11. The number of nitrogens with one attached hydrogen (secondary N) is 2. The number of benzene rings is 1. The van der Waals surface area contributed by atoms with Gasteiger partial charge in [0.2, 0.25) is 5.91 Å². The summed E-state index contributed by atoms with van der Waals surface area (Å²) in [6, 6.07) is 8.24. The largest absolute Gasteiger partial charge is 0.496 e. The molecular formula is C16H26ClN3O2. The molecule has 1 aliphatic rings. The molecule has 1 atom stereocenters. The van der Waals surface area contributed by atoms with Crippen molar-refractivity contribution in [3.8, 4) is 5.75 Å². The molecule has 1 amide bonds. The van der Waals surface area contributed by atoms with Gasteiger partial charge in [0, 0.05) is 12.1 Å². The molecule has 2 N–H and O–H groups in total. The van der Waals surface area contributed by atoms with Crippen LogP contribution in [0.1, 0.15) is 24.4 Å². The Bertz CT molecular complexity index is 464. The molecule has 1 unspecified atom stereocenters. The minimum Gasteiger partial charge on any atom is -0.496 e. The van der Waals surface area contributed by atoms with Gasteiger partial charge in [-0.1, -0.05) is 18.2 Å². The van der Waals surface area contributed by atoms with Crippen LogP contribution in [-0.4, -0.2) is 51.1 Å². The van der Waals surface area contributed by atoms with Crippen molar-refractivity contribution >= 4 is 18.3 Å². The molecule has 6 heteroatoms. The van der Waals surface area contributed by atoms with Gasteiger partial charge in [0.1, 0.15) is 5.75 Å². The molecule has 1 aliphatic heterocycles. The maximum absolute atomic E-state index is 11.7. The van der Waals surface area contributed by atoms with Gasteiger partial charge in [-0.3, -0.25) is 9.69 Å². The number of para-hydroxylation sites is 1. The van der Waals surface area contributed by atoms with Crippen molar-refractivity contribution in [3.05, 3.63) is 29.8 Å². The predicted molar refractivity (Wildman–Crippen MR) is 90.7 cm³/mol. The zero-order valence-corrected chi connectivity index (χ0v) is 14.1. The number of amides is 1. The Morgan fingerprint density at radius 3 is 2.64 bits per heavy atom. The fraction of sp³-hybridized carbons (Fsp3) is 0.562. The van der Waals surface area contributed by atoms with Crippen molar-refractivity contribution in [2.24, 2.45) is 0 Å². The number of methoxy groups -OCH3 is 1. The van der Waals surface area contributed by atoms with E-state index in [1.54, 1.807) is 14.2 Å². The molecule has 1 aromatic carbocycles. The van der Waals surface area contributed by atoms with Gasteiger partial charge in [-0.2, -0.15) is 0 Å². The van der Waals surface area contributed by atoms with Crippen LogP contribution in [0.3, 0.4) is 0 Å². The number of rotatable bonds is 7. The molecule has 2 rings (SSSR count). The third kappa shape index (κ3) is 4.87. The highest BCUT2D eigenvalue weighted by Crippen LogP contribution is 2.31. The van der Waals surface area contributed by atoms with Gasteiger partial charge in [0.05, 0.1) is 19.7 Å². The molecule has 1 fully saturated rings. The number of hydrogen-bond acceptors (Lipinski definition) is 4. The van der Waals surface area contributed by atoms with E-state index in [0.29, 0.717) is 13.1 Å². The summed E-state index contributed by atoms with van der Waals surface area (Å²) in [6.07, 6.45) is 2.44. The van der Waals surface area contributed by atoms with E-state index in [2.05, 4.69) is 21.6 Å². The highest BCUT2D eigenvalue weighted by atomic mass is 35.5. The van der Waals surface area contributed by atoms with Crippen LogP contribution < -0.4 is 15.4 Å². The van der Waals surface area contributed by atoms with Crippen molar-refractivity contribution < 1.29 is 9.53 Å². The Hall–Kier alpha value is -1.30. The monoisotopic (exact) mass is 327 g/mol. The van der Waals surface area contributed by atoms with Crippen LogP contribution in [0.5, 0.6) is 5.75 Å². The Morgan fingerprint density at radius 2 is 2.00 bits per heavy atom. The van der Waals surface area contributed by atoms with Gasteiger partial charge in [0.25, 0.3) is 0 Å². The van der Waals surface area contributed by atoms with E-state index in [1.165, 1.54) is 12.8 Å². The molecule has 0 aliphatic carbocycles. The Labute approximate surface area is 138 Å². The third-order valence-electron chi connectivity index (χ3n) is 3.91. The van der Waals surface area contributed by atoms with E-state index in [0.717, 1.165) is 24.4 Å². The first-order valence-electron chi connectivity index (χ1n) is 7.54. The van der Waals surface area contributed by atoms with E-state index in [4.69, 9.17) is 4.74 Å². The van der Waals surface area contributed by atoms with Gasteiger partial charge >= 0.3 is 0 Å². The lowest BCUT2D eigenvalue weighted by Gasteiger charge is -2.29. The minimum absolute atomic E-state index is 0. The van der Waals surface area contributed by atoms with E-state index in [-0.39, 0.29) is 24.4 Å². The van der Waals surface area contributed by atoms with Crippen LogP contribution in [0.25, 0.3) is 0 Å². The number of likely N-dealkylation sites (N-methyl/N-ethyl adjacent to an activating group) is 1. The van der Waals surface area contributed by atoms with E-state index in [9.17, 15) is 4.79 Å². The molecule has 0 spiro atoms. The van der Waals surface area contributed by atoms with Crippen molar-refractivity contribution in [2.45, 2.75) is 18.9 Å². The molecule has 5 nitrogen and oxygen atoms in total. The van der Waals surface area contributed by atoms with Gasteiger partial charge in [-0.15, -0.1) is 12.4 Å². The fourth-order valence-electron chi connectivity index (χ4n) is 2.86. The molecule has 0 aromatic heterocycles. The lowest BCUT2D eigenvalue weighted by molar-refractivity contribution is -0.120. The number of carbonyl (C=O) groups is 1. The minimum atomic E-state index is 0. The number of carbonyl (C=O) groups excluding carboxylic acids is 1. The van der Waals surface area contributed by atoms with Crippen LogP contribution in [0, 0.1) is 0 Å². The average Bonchev–Trinajstić information content (AvgIpc) is 3.02. The second kappa shape index (κ2) is 9.66. The summed E-state index contributed by atoms with van der Waals surface area (Å²) >= 11 is 0. The summed E-state index contributed by atoms with van der Waals surface area (Å²) in [4.78, 5) is 14.2. The first-order chi connectivity index (χ1) is 10.3. The average molecular weight is 328 g/mol. The zero-order valence-electron chi connectivity index (χ0n) is 13.3. The van der Waals surface area contributed by atoms with Crippen molar-refractivity contribution in [3.63, 3.8) is 0 Å². The molecule has 1 aromatic rings. The summed E-state index contributed by atoms with van der Waals surface area (Å²) < 4.78 is 5.49. The maximum atomic E-state index is 11.7. The molecule has 1 saturated heterocycles. The van der Waals surface area contributed by atoms with Gasteiger partial charge < -0.3 is 15.4 Å². The van der Waals surface area contributed by atoms with Gasteiger partial charge in [-0.25, -0.2) is 0 Å². The van der Waals surface area contributed by atoms with Crippen LogP contribution in [0.2, 0.25) is 0 Å². The first kappa shape index (κ1) is 18.7. The Balaban J connectivity index is 0.00000242. The predicted octanol–water partition coefficient (Wildman–Crippen LogP) is 1.59. The number of likely N-dealkylation sites (tertiary alicyclic amines) is 1. The molecule has 22 heavy (non-hydrogen) atoms. The normalized spacial score (nSPS) is 15.9. The topological polar surface area (TPSA) is 53.6 Å². The standard InChI is InChI=1S/C16H25N3O2.ClH/c1-17-12-16(20)18-11-14(19-9-5-6-10-19)13-7-3-4-8-15(13)21-2;/h3-4,7-8,14,17H,5-6,9-12H2,1-2H3,(H,18,20);1H. The van der Waals surface area contributed by atoms with Crippen LogP contribution in [0.15, 0.2) is 24.3 Å². The van der Waals surface area contributed by atoms with Gasteiger partial charge in [0.15, 0.2) is 0 Å². The Kier molecular flexibility index (Phi) is 8.24. The van der Waals surface area contributed by atoms with Gasteiger partial charge in [-0.05, 0) is 39.0 Å². The first-order valence-corrected chi connectivity index (χ1v) is 7.54. The lowest BCUT2D eigenvalue weighted by Crippen LogP contribution is -2.39. The smallest absolute Gasteiger partial charge is 0.234 e. The van der Waals surface area contributed by atoms with E-state index >= 15 is 0 Å². The van der Waals surface area contributed by atoms with E-state index < -0.39 is 0 Å². The van der Waals surface area contributed by atoms with Crippen LogP contribution >= 0.6 is 12.4 Å². The third-order valence-corrected chi connectivity index (χ3v) is 3.91. The fourth-order valence-corrected chi connectivity index (χ4v) is 2.86. The second-order valence-electron chi connectivity index (χ2n) is 5.34. The van der Waals surface area contributed by atoms with E-state index in [1.807, 2.05) is 18.2 Å². The number of hydrogen-bond donors (Lipinski definition) is 2. The quantitative estimate of drug-likeness (QED) is 0.798. The summed E-state index contributed by atoms with van der Waals surface area (Å²) in [5.74, 6) is 0.911. The second-order valence-corrected chi connectivity index (χ2v) is 5.34. The number of ether oxygens (including phenoxy) is 1. The molecule has 1 heterocycles. The number of nitrogens with zero attached hydrogens (tertiary/aromatic N) is 1. The lowest BCUT2D eigenvalue weighted by atomic mass is 10.0. The van der Waals surface area contributed by atoms with Crippen molar-refractivity contribution in [1.29, 1.82) is 0 Å². The molecule has 0 radical (unpaired) electrons. The van der Waals surface area contributed by atoms with Crippen molar-refractivity contribution in [1.82, 2.24) is 15.5 Å². The highest BCUT2D eigenvalue weighted by Gasteiger charge is 2.26. The molecule has 0 saturated carbocycles. The summed E-state index contributed by atoms with van der Waals surface area (Å²) in [5.41, 5.74) is 1.15. The maximum Gasteiger partial charge on any atom is 0.234 e. The Morgan fingerprint density at radius 1 is 1.32 bits per heavy atom. The molecular weight excluding hydrogens is 302 g/mol. The molecule has 124 valence electrons. The van der Waals surface area contributed by atoms with Crippen LogP contribution in [-0.2, 0) is 4.79 Å². The summed E-state index contributed by atoms with van der Waals surface area (Å²) in [5, 5.41) is 5.88. The van der Waals surface area contributed by atoms with Crippen LogP contribution in [0.4, 0.5) is 0 Å². The SMILES string of the molecule is CNCC(=O)NCC(c1ccccc1OC)N1CCCC1.Cl. The number of halogens is 1. The van der Waals surface area contributed by atoms with Crippen molar-refractivity contribution in [2.75, 3.05) is 40.3 Å². The summed E-state index contributed by atoms with van der Waals surface area (Å²) in [7, 11) is 3.47. The highest BCUT2D eigenvalue weighted by molar-refractivity contribution is 5.85.